The second-order valence-corrected chi connectivity index (χ2v) is 5.57. The van der Waals surface area contributed by atoms with Crippen LogP contribution in [0, 0.1) is 0 Å². The van der Waals surface area contributed by atoms with E-state index in [-0.39, 0.29) is 5.91 Å². The van der Waals surface area contributed by atoms with Gasteiger partial charge in [-0.3, -0.25) is 9.48 Å². The number of hydrogen-bond donors (Lipinski definition) is 1. The Morgan fingerprint density at radius 3 is 2.36 bits per heavy atom. The number of likely N-dealkylation sites (N-methyl/N-ethyl adjacent to an activating group) is 1. The van der Waals surface area contributed by atoms with Gasteiger partial charge in [-0.05, 0) is 31.3 Å². The fourth-order valence-electron chi connectivity index (χ4n) is 2.47. The van der Waals surface area contributed by atoms with E-state index < -0.39 is 0 Å². The van der Waals surface area contributed by atoms with E-state index in [9.17, 15) is 4.79 Å². The number of nitrogens with zero attached hydrogens (tertiary/aromatic N) is 5. The van der Waals surface area contributed by atoms with Crippen LogP contribution in [-0.4, -0.2) is 59.0 Å². The average Bonchev–Trinajstić information content (AvgIpc) is 2.96. The molecular weight excluding hydrogens is 280 g/mol. The molecule has 0 spiro atoms. The minimum atomic E-state index is -0.250. The lowest BCUT2D eigenvalue weighted by Gasteiger charge is -2.34. The highest BCUT2D eigenvalue weighted by molar-refractivity contribution is 6.02. The van der Waals surface area contributed by atoms with Crippen molar-refractivity contribution in [2.45, 2.75) is 0 Å². The molecule has 0 unspecified atom stereocenters. The predicted octanol–water partition coefficient (Wildman–Crippen LogP) is 0.819. The summed E-state index contributed by atoms with van der Waals surface area (Å²) in [5, 5.41) is 10.4. The molecular formula is C15H20N6O. The first kappa shape index (κ1) is 14.5. The average molecular weight is 300 g/mol. The van der Waals surface area contributed by atoms with Crippen molar-refractivity contribution in [2.75, 3.05) is 43.4 Å². The monoisotopic (exact) mass is 300 g/mol. The second-order valence-electron chi connectivity index (χ2n) is 5.57. The Hall–Kier alpha value is -2.41. The number of carbonyl (C=O) groups excluding carboxylic acids is 1. The summed E-state index contributed by atoms with van der Waals surface area (Å²) < 4.78 is 1.51. The van der Waals surface area contributed by atoms with Crippen LogP contribution in [0.25, 0.3) is 0 Å². The molecule has 0 radical (unpaired) electrons. The van der Waals surface area contributed by atoms with Gasteiger partial charge in [-0.1, -0.05) is 5.21 Å². The first-order chi connectivity index (χ1) is 10.6. The van der Waals surface area contributed by atoms with Gasteiger partial charge in [-0.2, -0.15) is 0 Å². The number of hydrogen-bond acceptors (Lipinski definition) is 5. The zero-order chi connectivity index (χ0) is 15.5. The van der Waals surface area contributed by atoms with Crippen LogP contribution < -0.4 is 10.2 Å². The lowest BCUT2D eigenvalue weighted by Crippen LogP contribution is -2.44. The van der Waals surface area contributed by atoms with E-state index in [1.165, 1.54) is 10.4 Å². The molecule has 0 atom stereocenters. The number of benzene rings is 1. The summed E-state index contributed by atoms with van der Waals surface area (Å²) in [6, 6.07) is 7.92. The van der Waals surface area contributed by atoms with Crippen LogP contribution in [-0.2, 0) is 7.05 Å². The van der Waals surface area contributed by atoms with E-state index in [0.29, 0.717) is 5.69 Å². The topological polar surface area (TPSA) is 66.3 Å². The van der Waals surface area contributed by atoms with Gasteiger partial charge in [0, 0.05) is 44.6 Å². The van der Waals surface area contributed by atoms with Gasteiger partial charge in [0.2, 0.25) is 0 Å². The summed E-state index contributed by atoms with van der Waals surface area (Å²) in [6.07, 6.45) is 1.59. The summed E-state index contributed by atoms with van der Waals surface area (Å²) in [4.78, 5) is 16.7. The Bertz CT molecular complexity index is 642. The maximum atomic E-state index is 12.0. The van der Waals surface area contributed by atoms with Crippen LogP contribution in [0.5, 0.6) is 0 Å². The van der Waals surface area contributed by atoms with Gasteiger partial charge in [0.05, 0.1) is 6.20 Å². The molecule has 7 nitrogen and oxygen atoms in total. The number of amides is 1. The number of nitrogens with one attached hydrogen (secondary N) is 1. The van der Waals surface area contributed by atoms with E-state index in [1.54, 1.807) is 13.2 Å². The van der Waals surface area contributed by atoms with Crippen LogP contribution >= 0.6 is 0 Å². The van der Waals surface area contributed by atoms with E-state index in [4.69, 9.17) is 0 Å². The highest BCUT2D eigenvalue weighted by Crippen LogP contribution is 2.19. The van der Waals surface area contributed by atoms with E-state index in [1.807, 2.05) is 24.3 Å². The van der Waals surface area contributed by atoms with Crippen LogP contribution in [0.15, 0.2) is 30.5 Å². The molecule has 116 valence electrons. The Morgan fingerprint density at radius 1 is 1.09 bits per heavy atom. The molecule has 2 heterocycles. The quantitative estimate of drug-likeness (QED) is 0.909. The molecule has 1 aromatic carbocycles. The van der Waals surface area contributed by atoms with Gasteiger partial charge in [0.1, 0.15) is 0 Å². The molecule has 1 N–H and O–H groups in total. The Balaban J connectivity index is 1.63. The minimum Gasteiger partial charge on any atom is -0.369 e. The van der Waals surface area contributed by atoms with Crippen LogP contribution in [0.2, 0.25) is 0 Å². The number of aromatic nitrogens is 3. The summed E-state index contributed by atoms with van der Waals surface area (Å²) in [5.41, 5.74) is 2.25. The summed E-state index contributed by atoms with van der Waals surface area (Å²) >= 11 is 0. The van der Waals surface area contributed by atoms with Crippen molar-refractivity contribution >= 4 is 17.3 Å². The van der Waals surface area contributed by atoms with E-state index >= 15 is 0 Å². The molecule has 0 saturated carbocycles. The Morgan fingerprint density at radius 2 is 1.77 bits per heavy atom. The summed E-state index contributed by atoms with van der Waals surface area (Å²) in [5.74, 6) is -0.250. The third-order valence-corrected chi connectivity index (χ3v) is 3.83. The number of rotatable bonds is 3. The second kappa shape index (κ2) is 6.15. The van der Waals surface area contributed by atoms with Gasteiger partial charge in [-0.15, -0.1) is 5.10 Å². The highest BCUT2D eigenvalue weighted by atomic mass is 16.2. The first-order valence-corrected chi connectivity index (χ1v) is 7.33. The van der Waals surface area contributed by atoms with Crippen molar-refractivity contribution in [2.24, 2.45) is 7.05 Å². The molecule has 22 heavy (non-hydrogen) atoms. The van der Waals surface area contributed by atoms with Crippen molar-refractivity contribution in [1.82, 2.24) is 19.9 Å². The molecule has 2 aromatic rings. The molecule has 0 bridgehead atoms. The van der Waals surface area contributed by atoms with E-state index in [0.717, 1.165) is 31.9 Å². The summed E-state index contributed by atoms with van der Waals surface area (Å²) in [7, 11) is 3.87. The van der Waals surface area contributed by atoms with Crippen LogP contribution in [0.4, 0.5) is 11.4 Å². The predicted molar refractivity (Wildman–Crippen MR) is 85.1 cm³/mol. The Kier molecular flexibility index (Phi) is 4.06. The molecule has 0 aliphatic carbocycles. The third kappa shape index (κ3) is 3.25. The summed E-state index contributed by atoms with van der Waals surface area (Å²) in [6.45, 7) is 4.21. The normalized spacial score (nSPS) is 15.8. The fourth-order valence-corrected chi connectivity index (χ4v) is 2.47. The molecule has 3 rings (SSSR count). The Labute approximate surface area is 129 Å². The van der Waals surface area contributed by atoms with Gasteiger partial charge < -0.3 is 15.1 Å². The first-order valence-electron chi connectivity index (χ1n) is 7.33. The lowest BCUT2D eigenvalue weighted by molar-refractivity contribution is 0.102. The number of anilines is 2. The maximum Gasteiger partial charge on any atom is 0.277 e. The van der Waals surface area contributed by atoms with Gasteiger partial charge in [0.25, 0.3) is 5.91 Å². The standard InChI is InChI=1S/C15H20N6O/c1-19-7-9-21(10-8-19)13-5-3-12(4-6-13)16-15(22)14-11-20(2)18-17-14/h3-6,11H,7-10H2,1-2H3,(H,16,22). The van der Waals surface area contributed by atoms with Crippen molar-refractivity contribution in [1.29, 1.82) is 0 Å². The molecule has 7 heteroatoms. The largest absolute Gasteiger partial charge is 0.369 e. The fraction of sp³-hybridized carbons (Fsp3) is 0.400. The molecule has 1 aliphatic rings. The zero-order valence-corrected chi connectivity index (χ0v) is 12.9. The lowest BCUT2D eigenvalue weighted by atomic mass is 10.2. The third-order valence-electron chi connectivity index (χ3n) is 3.83. The van der Waals surface area contributed by atoms with Crippen molar-refractivity contribution in [3.05, 3.63) is 36.2 Å². The maximum absolute atomic E-state index is 12.0. The number of carbonyl (C=O) groups is 1. The molecule has 1 aromatic heterocycles. The molecule has 1 fully saturated rings. The molecule has 1 aliphatic heterocycles. The van der Waals surface area contributed by atoms with Gasteiger partial charge in [-0.25, -0.2) is 0 Å². The van der Waals surface area contributed by atoms with Gasteiger partial charge >= 0.3 is 0 Å². The van der Waals surface area contributed by atoms with Gasteiger partial charge in [0.15, 0.2) is 5.69 Å². The number of aryl methyl sites for hydroxylation is 1. The van der Waals surface area contributed by atoms with Crippen molar-refractivity contribution < 1.29 is 4.79 Å². The number of piperazine rings is 1. The molecule has 1 saturated heterocycles. The minimum absolute atomic E-state index is 0.250. The smallest absolute Gasteiger partial charge is 0.277 e. The molecule has 1 amide bonds. The zero-order valence-electron chi connectivity index (χ0n) is 12.9. The SMILES string of the molecule is CN1CCN(c2ccc(NC(=O)c3cn(C)nn3)cc2)CC1. The van der Waals surface area contributed by atoms with Crippen molar-refractivity contribution in [3.8, 4) is 0 Å². The van der Waals surface area contributed by atoms with Crippen molar-refractivity contribution in [3.63, 3.8) is 0 Å². The highest BCUT2D eigenvalue weighted by Gasteiger charge is 2.14. The van der Waals surface area contributed by atoms with E-state index in [2.05, 4.69) is 32.5 Å². The van der Waals surface area contributed by atoms with Crippen LogP contribution in [0.1, 0.15) is 10.5 Å². The van der Waals surface area contributed by atoms with Crippen LogP contribution in [0.3, 0.4) is 0 Å².